The fourth-order valence-corrected chi connectivity index (χ4v) is 4.67. The first kappa shape index (κ1) is 15.0. The molecule has 3 rings (SSSR count). The van der Waals surface area contributed by atoms with E-state index < -0.39 is 5.60 Å². The molecule has 1 saturated carbocycles. The molecule has 0 aliphatic heterocycles. The first-order chi connectivity index (χ1) is 10.2. The summed E-state index contributed by atoms with van der Waals surface area (Å²) >= 11 is 1.65. The van der Waals surface area contributed by atoms with Gasteiger partial charge in [-0.3, -0.25) is 4.79 Å². The Morgan fingerprint density at radius 3 is 2.62 bits per heavy atom. The number of carbonyl (C=O) groups is 1. The molecule has 1 aromatic rings. The maximum Gasteiger partial charge on any atom is 0.261 e. The summed E-state index contributed by atoms with van der Waals surface area (Å²) in [7, 11) is 0. The van der Waals surface area contributed by atoms with Crippen LogP contribution in [0.15, 0.2) is 6.07 Å². The van der Waals surface area contributed by atoms with Crippen LogP contribution < -0.4 is 5.32 Å². The summed E-state index contributed by atoms with van der Waals surface area (Å²) in [4.78, 5) is 14.5. The second kappa shape index (κ2) is 6.49. The highest BCUT2D eigenvalue weighted by Gasteiger charge is 2.31. The van der Waals surface area contributed by atoms with Crippen LogP contribution in [-0.4, -0.2) is 23.2 Å². The minimum Gasteiger partial charge on any atom is -0.388 e. The highest BCUT2D eigenvalue weighted by atomic mass is 32.1. The molecule has 2 aliphatic rings. The van der Waals surface area contributed by atoms with Crippen molar-refractivity contribution in [2.75, 3.05) is 6.54 Å². The van der Waals surface area contributed by atoms with Gasteiger partial charge in [-0.25, -0.2) is 0 Å². The van der Waals surface area contributed by atoms with Crippen LogP contribution in [0.5, 0.6) is 0 Å². The number of hydrogen-bond donors (Lipinski definition) is 2. The second-order valence-electron chi connectivity index (χ2n) is 6.59. The Hall–Kier alpha value is -0.870. The van der Waals surface area contributed by atoms with Gasteiger partial charge in [0.2, 0.25) is 0 Å². The maximum atomic E-state index is 12.3. The number of amides is 1. The summed E-state index contributed by atoms with van der Waals surface area (Å²) in [6, 6.07) is 2.08. The minimum atomic E-state index is -0.665. The Morgan fingerprint density at radius 1 is 1.14 bits per heavy atom. The van der Waals surface area contributed by atoms with Crippen LogP contribution in [0.4, 0.5) is 0 Å². The van der Waals surface area contributed by atoms with Gasteiger partial charge in [-0.2, -0.15) is 0 Å². The van der Waals surface area contributed by atoms with Crippen LogP contribution in [0.2, 0.25) is 0 Å². The van der Waals surface area contributed by atoms with E-state index in [4.69, 9.17) is 0 Å². The van der Waals surface area contributed by atoms with Crippen LogP contribution in [0, 0.1) is 0 Å². The number of nitrogens with one attached hydrogen (secondary N) is 1. The molecule has 0 radical (unpaired) electrons. The molecule has 0 spiro atoms. The summed E-state index contributed by atoms with van der Waals surface area (Å²) in [6.45, 7) is 0.397. The van der Waals surface area contributed by atoms with Crippen LogP contribution in [0.1, 0.15) is 71.5 Å². The molecule has 0 aromatic carbocycles. The summed E-state index contributed by atoms with van der Waals surface area (Å²) in [5, 5.41) is 13.3. The number of aliphatic hydroxyl groups is 1. The van der Waals surface area contributed by atoms with Crippen LogP contribution in [0.25, 0.3) is 0 Å². The third-order valence-electron chi connectivity index (χ3n) is 4.83. The molecule has 2 N–H and O–H groups in total. The van der Waals surface area contributed by atoms with Crippen molar-refractivity contribution in [3.8, 4) is 0 Å². The molecular weight excluding hydrogens is 282 g/mol. The Kier molecular flexibility index (Phi) is 4.65. The molecule has 3 nitrogen and oxygen atoms in total. The molecule has 0 bridgehead atoms. The van der Waals surface area contributed by atoms with Gasteiger partial charge < -0.3 is 10.4 Å². The van der Waals surface area contributed by atoms with Crippen molar-refractivity contribution in [3.63, 3.8) is 0 Å². The van der Waals surface area contributed by atoms with Crippen molar-refractivity contribution < 1.29 is 9.90 Å². The first-order valence-corrected chi connectivity index (χ1v) is 9.10. The number of fused-ring (bicyclic) bond motifs is 1. The second-order valence-corrected chi connectivity index (χ2v) is 7.72. The van der Waals surface area contributed by atoms with Crippen molar-refractivity contribution in [1.29, 1.82) is 0 Å². The smallest absolute Gasteiger partial charge is 0.261 e. The van der Waals surface area contributed by atoms with E-state index >= 15 is 0 Å². The van der Waals surface area contributed by atoms with Crippen LogP contribution in [0.3, 0.4) is 0 Å². The highest BCUT2D eigenvalue weighted by Crippen LogP contribution is 2.30. The monoisotopic (exact) mass is 307 g/mol. The Bertz CT molecular complexity index is 477. The van der Waals surface area contributed by atoms with Gasteiger partial charge in [0.25, 0.3) is 5.91 Å². The van der Waals surface area contributed by atoms with E-state index in [1.165, 1.54) is 36.1 Å². The van der Waals surface area contributed by atoms with Gasteiger partial charge in [0.1, 0.15) is 0 Å². The van der Waals surface area contributed by atoms with Crippen molar-refractivity contribution >= 4 is 17.2 Å². The molecule has 4 heteroatoms. The van der Waals surface area contributed by atoms with Crippen LogP contribution >= 0.6 is 11.3 Å². The van der Waals surface area contributed by atoms with Crippen LogP contribution in [-0.2, 0) is 12.8 Å². The topological polar surface area (TPSA) is 49.3 Å². The van der Waals surface area contributed by atoms with Gasteiger partial charge in [0.05, 0.1) is 10.5 Å². The molecule has 1 heterocycles. The third kappa shape index (κ3) is 3.67. The van der Waals surface area contributed by atoms with Gasteiger partial charge >= 0.3 is 0 Å². The number of hydrogen-bond acceptors (Lipinski definition) is 3. The van der Waals surface area contributed by atoms with E-state index in [0.717, 1.165) is 43.4 Å². The molecule has 0 unspecified atom stereocenters. The molecule has 0 saturated heterocycles. The van der Waals surface area contributed by atoms with Crippen molar-refractivity contribution in [2.45, 2.75) is 69.8 Å². The summed E-state index contributed by atoms with van der Waals surface area (Å²) in [5.74, 6) is -0.00734. The summed E-state index contributed by atoms with van der Waals surface area (Å²) < 4.78 is 0. The number of carbonyl (C=O) groups excluding carboxylic acids is 1. The molecule has 116 valence electrons. The Balaban J connectivity index is 1.63. The van der Waals surface area contributed by atoms with E-state index in [-0.39, 0.29) is 5.91 Å². The van der Waals surface area contributed by atoms with Gasteiger partial charge in [0, 0.05) is 11.4 Å². The lowest BCUT2D eigenvalue weighted by Gasteiger charge is -2.22. The molecule has 2 aliphatic carbocycles. The summed E-state index contributed by atoms with van der Waals surface area (Å²) in [5.41, 5.74) is 0.714. The molecular formula is C17H25NO2S. The van der Waals surface area contributed by atoms with E-state index in [1.807, 2.05) is 0 Å². The summed E-state index contributed by atoms with van der Waals surface area (Å²) in [6.07, 6.45) is 11.1. The van der Waals surface area contributed by atoms with Crippen molar-refractivity contribution in [2.24, 2.45) is 0 Å². The lowest BCUT2D eigenvalue weighted by atomic mass is 9.99. The first-order valence-electron chi connectivity index (χ1n) is 8.28. The SMILES string of the molecule is O=C(NCC1(O)CCCC1)c1cc2c(s1)CCCCCC2. The molecule has 0 atom stereocenters. The normalized spacial score (nSPS) is 21.4. The van der Waals surface area contributed by atoms with E-state index in [2.05, 4.69) is 11.4 Å². The van der Waals surface area contributed by atoms with Gasteiger partial charge in [0.15, 0.2) is 0 Å². The fourth-order valence-electron chi connectivity index (χ4n) is 3.50. The quantitative estimate of drug-likeness (QED) is 0.898. The third-order valence-corrected chi connectivity index (χ3v) is 6.07. The zero-order valence-electron chi connectivity index (χ0n) is 12.6. The lowest BCUT2D eigenvalue weighted by molar-refractivity contribution is 0.0450. The number of rotatable bonds is 3. The fraction of sp³-hybridized carbons (Fsp3) is 0.706. The molecule has 21 heavy (non-hydrogen) atoms. The highest BCUT2D eigenvalue weighted by molar-refractivity contribution is 7.14. The standard InChI is InChI=1S/C17H25NO2S/c19-16(18-12-17(20)9-5-6-10-17)15-11-13-7-3-1-2-4-8-14(13)21-15/h11,20H,1-10,12H2,(H,18,19). The number of thiophene rings is 1. The minimum absolute atomic E-state index is 0.00734. The molecule has 1 amide bonds. The molecule has 1 aromatic heterocycles. The van der Waals surface area contributed by atoms with E-state index in [1.54, 1.807) is 11.3 Å². The van der Waals surface area contributed by atoms with Crippen molar-refractivity contribution in [1.82, 2.24) is 5.32 Å². The zero-order valence-corrected chi connectivity index (χ0v) is 13.4. The van der Waals surface area contributed by atoms with E-state index in [0.29, 0.717) is 6.54 Å². The predicted octanol–water partition coefficient (Wildman–Crippen LogP) is 3.44. The maximum absolute atomic E-state index is 12.3. The van der Waals surface area contributed by atoms with Gasteiger partial charge in [-0.05, 0) is 50.2 Å². The average molecular weight is 307 g/mol. The van der Waals surface area contributed by atoms with Gasteiger partial charge in [-0.15, -0.1) is 11.3 Å². The Morgan fingerprint density at radius 2 is 1.86 bits per heavy atom. The predicted molar refractivity (Wildman–Crippen MR) is 85.9 cm³/mol. The van der Waals surface area contributed by atoms with Crippen molar-refractivity contribution in [3.05, 3.63) is 21.4 Å². The number of aryl methyl sites for hydroxylation is 2. The lowest BCUT2D eigenvalue weighted by Crippen LogP contribution is -2.40. The molecule has 1 fully saturated rings. The Labute approximate surface area is 130 Å². The van der Waals surface area contributed by atoms with E-state index in [9.17, 15) is 9.90 Å². The van der Waals surface area contributed by atoms with Gasteiger partial charge in [-0.1, -0.05) is 25.7 Å². The largest absolute Gasteiger partial charge is 0.388 e. The average Bonchev–Trinajstić information content (AvgIpc) is 3.04. The zero-order chi connectivity index (χ0) is 14.7.